The summed E-state index contributed by atoms with van der Waals surface area (Å²) in [5.74, 6) is 3.58. The number of allylic oxidation sites excluding steroid dienone is 2. The molecule has 0 aliphatic heterocycles. The predicted octanol–water partition coefficient (Wildman–Crippen LogP) is 4.81. The summed E-state index contributed by atoms with van der Waals surface area (Å²) in [6, 6.07) is 0. The topological polar surface area (TPSA) is 0 Å². The lowest BCUT2D eigenvalue weighted by molar-refractivity contribution is 0.233. The van der Waals surface area contributed by atoms with Gasteiger partial charge >= 0.3 is 0 Å². The molecule has 0 N–H and O–H groups in total. The molecule has 15 heavy (non-hydrogen) atoms. The molecule has 0 saturated carbocycles. The van der Waals surface area contributed by atoms with Crippen molar-refractivity contribution in [1.29, 1.82) is 0 Å². The molecule has 0 bridgehead atoms. The summed E-state index contributed by atoms with van der Waals surface area (Å²) in [7, 11) is 0. The molecule has 0 aliphatic carbocycles. The Morgan fingerprint density at radius 2 is 2.13 bits per heavy atom. The van der Waals surface area contributed by atoms with Crippen molar-refractivity contribution in [3.05, 3.63) is 12.2 Å². The predicted molar refractivity (Wildman–Crippen MR) is 69.7 cm³/mol. The van der Waals surface area contributed by atoms with Crippen LogP contribution in [-0.4, -0.2) is 0 Å². The van der Waals surface area contributed by atoms with Gasteiger partial charge in [-0.25, -0.2) is 0 Å². The maximum absolute atomic E-state index is 5.46. The summed E-state index contributed by atoms with van der Waals surface area (Å²) in [6.45, 7) is 8.98. The summed E-state index contributed by atoms with van der Waals surface area (Å²) in [5.41, 5.74) is 0.352. The monoisotopic (exact) mass is 206 g/mol. The van der Waals surface area contributed by atoms with Gasteiger partial charge in [0, 0.05) is 6.42 Å². The number of hydrogen-bond acceptors (Lipinski definition) is 0. The van der Waals surface area contributed by atoms with Gasteiger partial charge in [-0.3, -0.25) is 0 Å². The molecule has 86 valence electrons. The van der Waals surface area contributed by atoms with Crippen LogP contribution in [0.1, 0.15) is 59.8 Å². The number of hydrogen-bond donors (Lipinski definition) is 0. The molecular weight excluding hydrogens is 180 g/mol. The van der Waals surface area contributed by atoms with Crippen LogP contribution in [0.5, 0.6) is 0 Å². The lowest BCUT2D eigenvalue weighted by atomic mass is 9.75. The van der Waals surface area contributed by atoms with Crippen molar-refractivity contribution in [2.45, 2.75) is 59.8 Å². The van der Waals surface area contributed by atoms with E-state index in [1.54, 1.807) is 0 Å². The van der Waals surface area contributed by atoms with Crippen LogP contribution in [0.4, 0.5) is 0 Å². The van der Waals surface area contributed by atoms with Gasteiger partial charge in [0.05, 0.1) is 0 Å². The van der Waals surface area contributed by atoms with Crippen molar-refractivity contribution in [3.8, 4) is 12.3 Å². The van der Waals surface area contributed by atoms with Gasteiger partial charge in [0.2, 0.25) is 0 Å². The minimum Gasteiger partial charge on any atom is -0.120 e. The molecule has 0 spiro atoms. The van der Waals surface area contributed by atoms with Gasteiger partial charge in [-0.15, -0.1) is 12.3 Å². The lowest BCUT2D eigenvalue weighted by Crippen LogP contribution is -2.19. The average Bonchev–Trinajstić information content (AvgIpc) is 2.15. The molecular formula is C15H26. The largest absolute Gasteiger partial charge is 0.120 e. The Bertz CT molecular complexity index is 219. The third-order valence-electron chi connectivity index (χ3n) is 3.00. The molecule has 0 nitrogen and oxygen atoms in total. The molecule has 0 amide bonds. The molecule has 0 aromatic rings. The van der Waals surface area contributed by atoms with E-state index in [2.05, 4.69) is 45.8 Å². The molecule has 0 aromatic carbocycles. The molecule has 0 fully saturated rings. The van der Waals surface area contributed by atoms with Gasteiger partial charge in [-0.05, 0) is 37.5 Å². The Hall–Kier alpha value is -0.700. The molecule has 0 heterocycles. The zero-order chi connectivity index (χ0) is 11.7. The van der Waals surface area contributed by atoms with Crippen LogP contribution < -0.4 is 0 Å². The fraction of sp³-hybridized carbons (Fsp3) is 0.733. The second-order valence-corrected chi connectivity index (χ2v) is 5.06. The molecule has 0 saturated heterocycles. The zero-order valence-corrected chi connectivity index (χ0v) is 10.8. The minimum absolute atomic E-state index is 0.352. The van der Waals surface area contributed by atoms with Gasteiger partial charge in [0.25, 0.3) is 0 Å². The number of terminal acetylenes is 1. The van der Waals surface area contributed by atoms with Gasteiger partial charge < -0.3 is 0 Å². The molecule has 0 aromatic heterocycles. The SMILES string of the molecule is C#CCC(C)(CCC)CC(C)CC=CC. The molecule has 2 atom stereocenters. The van der Waals surface area contributed by atoms with E-state index in [-0.39, 0.29) is 0 Å². The smallest absolute Gasteiger partial charge is 0.0140 e. The van der Waals surface area contributed by atoms with E-state index >= 15 is 0 Å². The quantitative estimate of drug-likeness (QED) is 0.414. The molecule has 2 unspecified atom stereocenters. The standard InChI is InChI=1S/C15H26/c1-6-9-10-14(4)13-15(5,11-7-2)12-8-3/h2,6,9,14H,8,10-13H2,1,3-5H3. The molecule has 0 heteroatoms. The third kappa shape index (κ3) is 6.39. The Morgan fingerprint density at radius 3 is 2.60 bits per heavy atom. The first-order valence-corrected chi connectivity index (χ1v) is 6.12. The van der Waals surface area contributed by atoms with Gasteiger partial charge in [-0.1, -0.05) is 39.3 Å². The summed E-state index contributed by atoms with van der Waals surface area (Å²) < 4.78 is 0. The summed E-state index contributed by atoms with van der Waals surface area (Å²) >= 11 is 0. The zero-order valence-electron chi connectivity index (χ0n) is 10.8. The van der Waals surface area contributed by atoms with Crippen LogP contribution in [0.25, 0.3) is 0 Å². The highest BCUT2D eigenvalue weighted by molar-refractivity contribution is 4.94. The maximum Gasteiger partial charge on any atom is 0.0140 e. The molecule has 0 rings (SSSR count). The van der Waals surface area contributed by atoms with E-state index < -0.39 is 0 Å². The minimum atomic E-state index is 0.352. The van der Waals surface area contributed by atoms with Crippen molar-refractivity contribution in [2.75, 3.05) is 0 Å². The maximum atomic E-state index is 5.46. The fourth-order valence-corrected chi connectivity index (χ4v) is 2.41. The Labute approximate surface area is 96.2 Å². The second kappa shape index (κ2) is 7.57. The van der Waals surface area contributed by atoms with Crippen LogP contribution in [0.3, 0.4) is 0 Å². The van der Waals surface area contributed by atoms with E-state index in [0.717, 1.165) is 12.3 Å². The second-order valence-electron chi connectivity index (χ2n) is 5.06. The van der Waals surface area contributed by atoms with Crippen molar-refractivity contribution in [2.24, 2.45) is 11.3 Å². The highest BCUT2D eigenvalue weighted by atomic mass is 14.3. The van der Waals surface area contributed by atoms with Crippen LogP contribution in [0, 0.1) is 23.7 Å². The summed E-state index contributed by atoms with van der Waals surface area (Å²) in [4.78, 5) is 0. The first-order chi connectivity index (χ1) is 7.08. The average molecular weight is 206 g/mol. The van der Waals surface area contributed by atoms with Gasteiger partial charge in [0.15, 0.2) is 0 Å². The van der Waals surface area contributed by atoms with E-state index in [1.807, 2.05) is 0 Å². The highest BCUT2D eigenvalue weighted by Crippen LogP contribution is 2.35. The van der Waals surface area contributed by atoms with E-state index in [0.29, 0.717) is 5.41 Å². The molecule has 0 radical (unpaired) electrons. The first kappa shape index (κ1) is 14.3. The fourth-order valence-electron chi connectivity index (χ4n) is 2.41. The Balaban J connectivity index is 4.21. The first-order valence-electron chi connectivity index (χ1n) is 6.12. The van der Waals surface area contributed by atoms with Crippen LogP contribution in [-0.2, 0) is 0 Å². The van der Waals surface area contributed by atoms with Crippen molar-refractivity contribution < 1.29 is 0 Å². The van der Waals surface area contributed by atoms with Crippen LogP contribution >= 0.6 is 0 Å². The third-order valence-corrected chi connectivity index (χ3v) is 3.00. The van der Waals surface area contributed by atoms with E-state index in [1.165, 1.54) is 25.7 Å². The number of rotatable bonds is 7. The van der Waals surface area contributed by atoms with Gasteiger partial charge in [-0.2, -0.15) is 0 Å². The highest BCUT2D eigenvalue weighted by Gasteiger charge is 2.24. The molecule has 0 aliphatic rings. The van der Waals surface area contributed by atoms with Crippen molar-refractivity contribution in [3.63, 3.8) is 0 Å². The van der Waals surface area contributed by atoms with E-state index in [4.69, 9.17) is 6.42 Å². The van der Waals surface area contributed by atoms with Crippen molar-refractivity contribution >= 4 is 0 Å². The van der Waals surface area contributed by atoms with E-state index in [9.17, 15) is 0 Å². The Morgan fingerprint density at radius 1 is 1.47 bits per heavy atom. The van der Waals surface area contributed by atoms with Crippen molar-refractivity contribution in [1.82, 2.24) is 0 Å². The lowest BCUT2D eigenvalue weighted by Gasteiger charge is -2.30. The van der Waals surface area contributed by atoms with Gasteiger partial charge in [0.1, 0.15) is 0 Å². The van der Waals surface area contributed by atoms with Crippen LogP contribution in [0.2, 0.25) is 0 Å². The van der Waals surface area contributed by atoms with Crippen LogP contribution in [0.15, 0.2) is 12.2 Å². The summed E-state index contributed by atoms with van der Waals surface area (Å²) in [6.07, 6.45) is 15.7. The normalized spacial score (nSPS) is 17.3. The summed E-state index contributed by atoms with van der Waals surface area (Å²) in [5, 5.41) is 0. The Kier molecular flexibility index (Phi) is 7.22.